The number of halogens is 1. The van der Waals surface area contributed by atoms with E-state index in [-0.39, 0.29) is 35.0 Å². The monoisotopic (exact) mass is 566 g/mol. The molecule has 0 aliphatic carbocycles. The van der Waals surface area contributed by atoms with Crippen molar-refractivity contribution in [2.24, 2.45) is 0 Å². The number of benzene rings is 1. The molecule has 10 nitrogen and oxygen atoms in total. The minimum absolute atomic E-state index is 0.0766. The van der Waals surface area contributed by atoms with E-state index >= 15 is 0 Å². The van der Waals surface area contributed by atoms with E-state index in [2.05, 4.69) is 39.7 Å². The van der Waals surface area contributed by atoms with Gasteiger partial charge in [-0.15, -0.1) is 0 Å². The van der Waals surface area contributed by atoms with E-state index in [4.69, 9.17) is 16.3 Å². The van der Waals surface area contributed by atoms with Crippen LogP contribution in [0.2, 0.25) is 5.02 Å². The van der Waals surface area contributed by atoms with Gasteiger partial charge in [0.05, 0.1) is 24.0 Å². The van der Waals surface area contributed by atoms with Crippen molar-refractivity contribution in [2.75, 3.05) is 7.05 Å². The predicted octanol–water partition coefficient (Wildman–Crippen LogP) is 4.08. The van der Waals surface area contributed by atoms with Crippen molar-refractivity contribution in [1.29, 1.82) is 0 Å². The van der Waals surface area contributed by atoms with Gasteiger partial charge in [-0.25, -0.2) is 10.1 Å². The highest BCUT2D eigenvalue weighted by atomic mass is 35.5. The lowest BCUT2D eigenvalue weighted by Gasteiger charge is -2.41. The first kappa shape index (κ1) is 29.2. The van der Waals surface area contributed by atoms with Gasteiger partial charge in [-0.2, -0.15) is 5.10 Å². The van der Waals surface area contributed by atoms with Gasteiger partial charge in [-0.3, -0.25) is 14.4 Å². The van der Waals surface area contributed by atoms with E-state index in [9.17, 15) is 14.4 Å². The fraction of sp³-hybridized carbons (Fsp3) is 0.414. The van der Waals surface area contributed by atoms with Crippen molar-refractivity contribution in [1.82, 2.24) is 30.7 Å². The molecule has 1 saturated heterocycles. The Morgan fingerprint density at radius 2 is 1.93 bits per heavy atom. The van der Waals surface area contributed by atoms with Gasteiger partial charge < -0.3 is 20.3 Å². The Kier molecular flexibility index (Phi) is 8.60. The van der Waals surface area contributed by atoms with Gasteiger partial charge in [-0.05, 0) is 83.8 Å². The third-order valence-electron chi connectivity index (χ3n) is 7.48. The largest absolute Gasteiger partial charge is 0.450 e. The molecule has 0 saturated carbocycles. The molecule has 0 radical (unpaired) electrons. The minimum atomic E-state index is -0.807. The molecule has 40 heavy (non-hydrogen) atoms. The Morgan fingerprint density at radius 3 is 2.60 bits per heavy atom. The molecule has 3 heterocycles. The van der Waals surface area contributed by atoms with Crippen LogP contribution in [-0.4, -0.2) is 56.6 Å². The maximum atomic E-state index is 13.9. The molecule has 0 bridgehead atoms. The molecule has 11 heteroatoms. The summed E-state index contributed by atoms with van der Waals surface area (Å²) in [4.78, 5) is 45.2. The van der Waals surface area contributed by atoms with Crippen LogP contribution < -0.4 is 20.9 Å². The number of hydrogen-bond acceptors (Lipinski definition) is 7. The summed E-state index contributed by atoms with van der Waals surface area (Å²) in [7, 11) is 1.88. The Bertz CT molecular complexity index is 1470. The highest BCUT2D eigenvalue weighted by Gasteiger charge is 2.45. The Morgan fingerprint density at radius 1 is 1.18 bits per heavy atom. The maximum Gasteiger partial charge on any atom is 0.307 e. The van der Waals surface area contributed by atoms with E-state index < -0.39 is 17.5 Å². The van der Waals surface area contributed by atoms with Crippen LogP contribution in [0.1, 0.15) is 67.0 Å². The number of aromatic nitrogens is 3. The van der Waals surface area contributed by atoms with Crippen molar-refractivity contribution in [3.05, 3.63) is 80.5 Å². The normalized spacial score (nSPS) is 17.9. The average Bonchev–Trinajstić information content (AvgIpc) is 3.37. The molecule has 4 rings (SSSR count). The number of nitrogens with zero attached hydrogens (tertiary/aromatic N) is 3. The number of aryl methyl sites for hydroxylation is 2. The third kappa shape index (κ3) is 6.18. The quantitative estimate of drug-likeness (QED) is 0.375. The summed E-state index contributed by atoms with van der Waals surface area (Å²) >= 11 is 6.28. The van der Waals surface area contributed by atoms with E-state index in [0.29, 0.717) is 22.0 Å². The smallest absolute Gasteiger partial charge is 0.307 e. The second-order valence-electron chi connectivity index (χ2n) is 10.7. The number of carbonyl (C=O) groups excluding carboxylic acids is 2. The van der Waals surface area contributed by atoms with Gasteiger partial charge in [0.25, 0.3) is 5.91 Å². The summed E-state index contributed by atoms with van der Waals surface area (Å²) in [6, 6.07) is 9.57. The van der Waals surface area contributed by atoms with E-state index in [1.807, 2.05) is 36.2 Å². The van der Waals surface area contributed by atoms with Crippen LogP contribution >= 0.6 is 11.6 Å². The van der Waals surface area contributed by atoms with Gasteiger partial charge in [0.2, 0.25) is 5.91 Å². The molecular weight excluding hydrogens is 532 g/mol. The number of likely N-dealkylation sites (N-methyl/N-ethyl adjacent to an activating group) is 1. The van der Waals surface area contributed by atoms with Crippen LogP contribution in [-0.2, 0) is 4.79 Å². The first-order valence-corrected chi connectivity index (χ1v) is 13.6. The number of carbonyl (C=O) groups is 2. The second kappa shape index (κ2) is 11.8. The van der Waals surface area contributed by atoms with Gasteiger partial charge in [-0.1, -0.05) is 23.7 Å². The molecule has 0 unspecified atom stereocenters. The maximum absolute atomic E-state index is 13.9. The number of amides is 2. The standard InChI is InChI=1S/C29H35ClN6O4/c1-16-12-21(32-15-24(16)40-23-13-17(2)34-35-27(23)38)26(37)33-18(3)28(39)36-22(19-8-7-9-20(30)14-19)10-11-25(36)29(4,5)31-6/h7-9,12-15,18,22,25,31H,10-11H2,1-6H3,(H,33,37)(H,35,38)/t18-,22+,25-/m1/s1. The minimum Gasteiger partial charge on any atom is -0.450 e. The van der Waals surface area contributed by atoms with E-state index in [1.165, 1.54) is 12.3 Å². The molecule has 212 valence electrons. The fourth-order valence-corrected chi connectivity index (χ4v) is 5.24. The number of likely N-dealkylation sites (tertiary alicyclic amines) is 1. The van der Waals surface area contributed by atoms with Crippen LogP contribution in [0.3, 0.4) is 0 Å². The van der Waals surface area contributed by atoms with Gasteiger partial charge in [0.1, 0.15) is 17.5 Å². The van der Waals surface area contributed by atoms with Crippen LogP contribution in [0.4, 0.5) is 0 Å². The van der Waals surface area contributed by atoms with Crippen LogP contribution in [0, 0.1) is 13.8 Å². The van der Waals surface area contributed by atoms with Crippen molar-refractivity contribution >= 4 is 23.4 Å². The van der Waals surface area contributed by atoms with Crippen LogP contribution in [0.25, 0.3) is 0 Å². The number of ether oxygens (including phenoxy) is 1. The average molecular weight is 567 g/mol. The number of aromatic amines is 1. The first-order valence-electron chi connectivity index (χ1n) is 13.2. The Labute approximate surface area is 238 Å². The zero-order valence-electron chi connectivity index (χ0n) is 23.5. The first-order chi connectivity index (χ1) is 18.9. The zero-order valence-corrected chi connectivity index (χ0v) is 24.3. The molecule has 1 fully saturated rings. The van der Waals surface area contributed by atoms with E-state index in [1.54, 1.807) is 26.8 Å². The van der Waals surface area contributed by atoms with Gasteiger partial charge in [0, 0.05) is 16.6 Å². The van der Waals surface area contributed by atoms with Crippen LogP contribution in [0.5, 0.6) is 11.5 Å². The Balaban J connectivity index is 1.53. The lowest BCUT2D eigenvalue weighted by atomic mass is 9.92. The molecule has 2 amide bonds. The van der Waals surface area contributed by atoms with Crippen molar-refractivity contribution < 1.29 is 14.3 Å². The number of hydrogen-bond donors (Lipinski definition) is 3. The Hall–Kier alpha value is -3.76. The molecule has 1 aliphatic rings. The second-order valence-corrected chi connectivity index (χ2v) is 11.2. The fourth-order valence-electron chi connectivity index (χ4n) is 5.04. The summed E-state index contributed by atoms with van der Waals surface area (Å²) in [5.41, 5.74) is 1.46. The topological polar surface area (TPSA) is 129 Å². The zero-order chi connectivity index (χ0) is 29.2. The van der Waals surface area contributed by atoms with Gasteiger partial charge >= 0.3 is 5.56 Å². The van der Waals surface area contributed by atoms with Crippen molar-refractivity contribution in [2.45, 2.75) is 71.1 Å². The predicted molar refractivity (Wildman–Crippen MR) is 153 cm³/mol. The summed E-state index contributed by atoms with van der Waals surface area (Å²) in [6.45, 7) is 9.29. The number of H-pyrrole nitrogens is 1. The molecule has 3 N–H and O–H groups in total. The highest BCUT2D eigenvalue weighted by molar-refractivity contribution is 6.30. The highest BCUT2D eigenvalue weighted by Crippen LogP contribution is 2.41. The summed E-state index contributed by atoms with van der Waals surface area (Å²) in [5.74, 6) is -0.271. The van der Waals surface area contributed by atoms with Gasteiger partial charge in [0.15, 0.2) is 5.75 Å². The lowest BCUT2D eigenvalue weighted by Crippen LogP contribution is -2.58. The van der Waals surface area contributed by atoms with E-state index in [0.717, 1.165) is 18.4 Å². The third-order valence-corrected chi connectivity index (χ3v) is 7.72. The molecule has 3 aromatic rings. The summed E-state index contributed by atoms with van der Waals surface area (Å²) in [5, 5.41) is 13.0. The number of nitrogens with one attached hydrogen (secondary N) is 3. The molecule has 1 aromatic carbocycles. The lowest BCUT2D eigenvalue weighted by molar-refractivity contribution is -0.137. The summed E-state index contributed by atoms with van der Waals surface area (Å²) in [6.07, 6.45) is 2.97. The number of rotatable bonds is 8. The molecule has 2 aromatic heterocycles. The van der Waals surface area contributed by atoms with Crippen LogP contribution in [0.15, 0.2) is 47.4 Å². The molecule has 0 spiro atoms. The molecule has 1 aliphatic heterocycles. The summed E-state index contributed by atoms with van der Waals surface area (Å²) < 4.78 is 5.70. The van der Waals surface area contributed by atoms with Crippen molar-refractivity contribution in [3.63, 3.8) is 0 Å². The molecular formula is C29H35ClN6O4. The van der Waals surface area contributed by atoms with Crippen molar-refractivity contribution in [3.8, 4) is 11.5 Å². The number of pyridine rings is 1. The molecule has 3 atom stereocenters. The SMILES string of the molecule is CNC(C)(C)[C@H]1CC[C@@H](c2cccc(Cl)c2)N1C(=O)[C@@H](C)NC(=O)c1cc(C)c(Oc2cc(C)n[nH]c2=O)cn1.